The molecule has 0 spiro atoms. The van der Waals surface area contributed by atoms with Gasteiger partial charge in [0, 0.05) is 19.2 Å². The van der Waals surface area contributed by atoms with Crippen molar-refractivity contribution in [3.05, 3.63) is 66.2 Å². The van der Waals surface area contributed by atoms with E-state index < -0.39 is 10.1 Å². The van der Waals surface area contributed by atoms with Crippen molar-refractivity contribution < 1.29 is 17.4 Å². The van der Waals surface area contributed by atoms with Gasteiger partial charge in [-0.2, -0.15) is 8.42 Å². The van der Waals surface area contributed by atoms with Crippen LogP contribution in [0.15, 0.2) is 65.6 Å². The van der Waals surface area contributed by atoms with E-state index in [9.17, 15) is 13.2 Å². The molecule has 0 bridgehead atoms. The second-order valence-electron chi connectivity index (χ2n) is 6.26. The van der Waals surface area contributed by atoms with E-state index in [1.807, 2.05) is 30.3 Å². The van der Waals surface area contributed by atoms with Crippen LogP contribution in [0, 0.1) is 0 Å². The molecule has 132 valence electrons. The molecule has 26 heavy (non-hydrogen) atoms. The second-order valence-corrected chi connectivity index (χ2v) is 7.80. The predicted molar refractivity (Wildman–Crippen MR) is 99.9 cm³/mol. The molecule has 1 aliphatic heterocycles. The summed E-state index contributed by atoms with van der Waals surface area (Å²) in [6, 6.07) is 17.6. The van der Waals surface area contributed by atoms with Crippen LogP contribution in [0.3, 0.4) is 0 Å². The zero-order chi connectivity index (χ0) is 18.3. The Morgan fingerprint density at radius 1 is 1.00 bits per heavy atom. The average molecular weight is 367 g/mol. The third kappa shape index (κ3) is 2.93. The summed E-state index contributed by atoms with van der Waals surface area (Å²) in [6.45, 7) is 2.07. The van der Waals surface area contributed by atoms with E-state index in [4.69, 9.17) is 4.18 Å². The van der Waals surface area contributed by atoms with E-state index in [2.05, 4.69) is 0 Å². The fraction of sp³-hybridized carbons (Fsp3) is 0.150. The number of hydrogen-bond acceptors (Lipinski definition) is 4. The Labute approximate surface area is 151 Å². The average Bonchev–Trinajstić information content (AvgIpc) is 3.05. The van der Waals surface area contributed by atoms with E-state index in [-0.39, 0.29) is 16.6 Å². The fourth-order valence-electron chi connectivity index (χ4n) is 3.25. The quantitative estimate of drug-likeness (QED) is 0.665. The molecule has 3 aromatic carbocycles. The van der Waals surface area contributed by atoms with Gasteiger partial charge in [0.25, 0.3) is 0 Å². The van der Waals surface area contributed by atoms with E-state index in [1.54, 1.807) is 29.2 Å². The van der Waals surface area contributed by atoms with Gasteiger partial charge >= 0.3 is 10.1 Å². The summed E-state index contributed by atoms with van der Waals surface area (Å²) in [7, 11) is -3.94. The van der Waals surface area contributed by atoms with Gasteiger partial charge in [-0.05, 0) is 53.1 Å². The summed E-state index contributed by atoms with van der Waals surface area (Å²) in [5.41, 5.74) is 1.60. The van der Waals surface area contributed by atoms with Crippen LogP contribution >= 0.6 is 0 Å². The van der Waals surface area contributed by atoms with Crippen LogP contribution < -0.4 is 9.08 Å². The van der Waals surface area contributed by atoms with Crippen LogP contribution in [0.4, 0.5) is 5.69 Å². The van der Waals surface area contributed by atoms with E-state index in [0.29, 0.717) is 13.0 Å². The van der Waals surface area contributed by atoms with Crippen LogP contribution in [-0.2, 0) is 21.3 Å². The highest BCUT2D eigenvalue weighted by molar-refractivity contribution is 7.87. The Morgan fingerprint density at radius 3 is 2.54 bits per heavy atom. The smallest absolute Gasteiger partial charge is 0.339 e. The standard InChI is InChI=1S/C20H17NO4S/c1-14(22)21-11-10-17-13-19(8-9-20(17)21)26(23,24)25-18-7-6-15-4-2-3-5-16(15)12-18/h2-9,12-13H,10-11H2,1H3. The molecule has 1 aliphatic rings. The fourth-order valence-corrected chi connectivity index (χ4v) is 4.23. The molecule has 0 saturated heterocycles. The summed E-state index contributed by atoms with van der Waals surface area (Å²) in [5.74, 6) is 0.223. The largest absolute Gasteiger partial charge is 0.379 e. The minimum absolute atomic E-state index is 0.0493. The molecule has 0 fully saturated rings. The van der Waals surface area contributed by atoms with Crippen molar-refractivity contribution in [2.24, 2.45) is 0 Å². The molecule has 3 aromatic rings. The lowest BCUT2D eigenvalue weighted by Crippen LogP contribution is -2.25. The first-order chi connectivity index (χ1) is 12.4. The third-order valence-corrected chi connectivity index (χ3v) is 5.79. The molecule has 0 radical (unpaired) electrons. The zero-order valence-corrected chi connectivity index (χ0v) is 15.0. The van der Waals surface area contributed by atoms with Gasteiger partial charge in [0.2, 0.25) is 5.91 Å². The number of anilines is 1. The highest BCUT2D eigenvalue weighted by atomic mass is 32.2. The Morgan fingerprint density at radius 2 is 1.77 bits per heavy atom. The maximum absolute atomic E-state index is 12.7. The minimum atomic E-state index is -3.94. The number of amides is 1. The lowest BCUT2D eigenvalue weighted by atomic mass is 10.1. The van der Waals surface area contributed by atoms with Gasteiger partial charge in [0.15, 0.2) is 0 Å². The summed E-state index contributed by atoms with van der Waals surface area (Å²) >= 11 is 0. The van der Waals surface area contributed by atoms with Crippen molar-refractivity contribution in [1.29, 1.82) is 0 Å². The highest BCUT2D eigenvalue weighted by Crippen LogP contribution is 2.31. The first-order valence-corrected chi connectivity index (χ1v) is 9.69. The molecule has 4 rings (SSSR count). The lowest BCUT2D eigenvalue weighted by Gasteiger charge is -2.15. The van der Waals surface area contributed by atoms with Crippen LogP contribution in [0.25, 0.3) is 10.8 Å². The van der Waals surface area contributed by atoms with Gasteiger partial charge in [0.1, 0.15) is 10.6 Å². The number of hydrogen-bond donors (Lipinski definition) is 0. The number of nitrogens with zero attached hydrogens (tertiary/aromatic N) is 1. The molecule has 6 heteroatoms. The second kappa shape index (κ2) is 6.14. The van der Waals surface area contributed by atoms with E-state index in [0.717, 1.165) is 22.0 Å². The van der Waals surface area contributed by atoms with Crippen molar-refractivity contribution in [3.63, 3.8) is 0 Å². The third-order valence-electron chi connectivity index (χ3n) is 4.54. The topological polar surface area (TPSA) is 63.7 Å². The lowest BCUT2D eigenvalue weighted by molar-refractivity contribution is -0.116. The molecule has 0 saturated carbocycles. The maximum atomic E-state index is 12.7. The number of carbonyl (C=O) groups excluding carboxylic acids is 1. The van der Waals surface area contributed by atoms with Gasteiger partial charge in [0.05, 0.1) is 0 Å². The van der Waals surface area contributed by atoms with Crippen molar-refractivity contribution in [3.8, 4) is 5.75 Å². The Kier molecular flexibility index (Phi) is 3.92. The van der Waals surface area contributed by atoms with Crippen molar-refractivity contribution in [2.75, 3.05) is 11.4 Å². The van der Waals surface area contributed by atoms with Gasteiger partial charge in [-0.1, -0.05) is 30.3 Å². The minimum Gasteiger partial charge on any atom is -0.379 e. The molecule has 0 aromatic heterocycles. The SMILES string of the molecule is CC(=O)N1CCc2cc(S(=O)(=O)Oc3ccc4ccccc4c3)ccc21. The van der Waals surface area contributed by atoms with Gasteiger partial charge in [-0.15, -0.1) is 0 Å². The molecule has 0 unspecified atom stereocenters. The number of rotatable bonds is 3. The molecule has 0 aliphatic carbocycles. The molecule has 1 amide bonds. The highest BCUT2D eigenvalue weighted by Gasteiger charge is 2.25. The Hall–Kier alpha value is -2.86. The van der Waals surface area contributed by atoms with Gasteiger partial charge in [-0.25, -0.2) is 0 Å². The van der Waals surface area contributed by atoms with Crippen LogP contribution in [0.2, 0.25) is 0 Å². The Bertz CT molecular complexity index is 1120. The summed E-state index contributed by atoms with van der Waals surface area (Å²) in [4.78, 5) is 13.4. The molecule has 5 nitrogen and oxygen atoms in total. The number of fused-ring (bicyclic) bond motifs is 2. The summed E-state index contributed by atoms with van der Waals surface area (Å²) < 4.78 is 30.6. The van der Waals surface area contributed by atoms with Gasteiger partial charge < -0.3 is 9.08 Å². The van der Waals surface area contributed by atoms with Crippen molar-refractivity contribution >= 4 is 32.5 Å². The number of benzene rings is 3. The zero-order valence-electron chi connectivity index (χ0n) is 14.2. The first-order valence-electron chi connectivity index (χ1n) is 8.28. The molecule has 0 N–H and O–H groups in total. The molecule has 0 atom stereocenters. The summed E-state index contributed by atoms with van der Waals surface area (Å²) in [6.07, 6.45) is 0.633. The number of carbonyl (C=O) groups is 1. The van der Waals surface area contributed by atoms with Gasteiger partial charge in [-0.3, -0.25) is 4.79 Å². The maximum Gasteiger partial charge on any atom is 0.339 e. The van der Waals surface area contributed by atoms with Crippen molar-refractivity contribution in [2.45, 2.75) is 18.2 Å². The van der Waals surface area contributed by atoms with E-state index >= 15 is 0 Å². The van der Waals surface area contributed by atoms with Crippen LogP contribution in [0.1, 0.15) is 12.5 Å². The Balaban J connectivity index is 1.65. The van der Waals surface area contributed by atoms with Crippen LogP contribution in [0.5, 0.6) is 5.75 Å². The first kappa shape index (κ1) is 16.6. The van der Waals surface area contributed by atoms with Crippen LogP contribution in [-0.4, -0.2) is 20.9 Å². The predicted octanol–water partition coefficient (Wildman–Crippen LogP) is 3.52. The van der Waals surface area contributed by atoms with Crippen molar-refractivity contribution in [1.82, 2.24) is 0 Å². The monoisotopic (exact) mass is 367 g/mol. The normalized spacial score (nSPS) is 13.7. The molecule has 1 heterocycles. The summed E-state index contributed by atoms with van der Waals surface area (Å²) in [5, 5.41) is 1.92. The van der Waals surface area contributed by atoms with E-state index in [1.165, 1.54) is 13.0 Å². The molecular weight excluding hydrogens is 350 g/mol. The molecular formula is C20H17NO4S.